The van der Waals surface area contributed by atoms with E-state index >= 15 is 0 Å². The summed E-state index contributed by atoms with van der Waals surface area (Å²) in [5, 5.41) is 3.72. The summed E-state index contributed by atoms with van der Waals surface area (Å²) in [5.74, 6) is 0.623. The third kappa shape index (κ3) is 3.43. The Morgan fingerprint density at radius 3 is 3.00 bits per heavy atom. The molecule has 2 atom stereocenters. The summed E-state index contributed by atoms with van der Waals surface area (Å²) >= 11 is 0. The zero-order chi connectivity index (χ0) is 14.5. The number of ether oxygens (including phenoxy) is 1. The van der Waals surface area contributed by atoms with E-state index in [9.17, 15) is 0 Å². The zero-order valence-corrected chi connectivity index (χ0v) is 13.1. The van der Waals surface area contributed by atoms with Crippen LogP contribution in [-0.4, -0.2) is 28.7 Å². The van der Waals surface area contributed by atoms with Crippen molar-refractivity contribution in [3.63, 3.8) is 0 Å². The van der Waals surface area contributed by atoms with E-state index in [0.29, 0.717) is 12.0 Å². The van der Waals surface area contributed by atoms with Gasteiger partial charge in [-0.15, -0.1) is 0 Å². The van der Waals surface area contributed by atoms with E-state index in [0.717, 1.165) is 31.7 Å². The number of rotatable bonds is 5. The summed E-state index contributed by atoms with van der Waals surface area (Å²) in [6, 6.07) is 2.40. The highest BCUT2D eigenvalue weighted by Gasteiger charge is 2.42. The van der Waals surface area contributed by atoms with Crippen LogP contribution in [-0.2, 0) is 4.74 Å². The SMILES string of the molecule is CCCNC(c1ccncn1)C1CCOC2(CCCC2)C1. The maximum atomic E-state index is 6.19. The summed E-state index contributed by atoms with van der Waals surface area (Å²) in [4.78, 5) is 8.57. The summed E-state index contributed by atoms with van der Waals surface area (Å²) in [6.45, 7) is 4.16. The minimum Gasteiger partial charge on any atom is -0.375 e. The number of nitrogens with zero attached hydrogens (tertiary/aromatic N) is 2. The van der Waals surface area contributed by atoms with Crippen LogP contribution in [0.1, 0.15) is 63.6 Å². The van der Waals surface area contributed by atoms with Crippen molar-refractivity contribution in [2.24, 2.45) is 5.92 Å². The van der Waals surface area contributed by atoms with Crippen molar-refractivity contribution in [2.75, 3.05) is 13.2 Å². The Morgan fingerprint density at radius 2 is 2.29 bits per heavy atom. The van der Waals surface area contributed by atoms with Gasteiger partial charge in [-0.1, -0.05) is 19.8 Å². The molecule has 1 aromatic heterocycles. The van der Waals surface area contributed by atoms with Crippen molar-refractivity contribution in [2.45, 2.75) is 63.5 Å². The first-order valence-corrected chi connectivity index (χ1v) is 8.46. The average molecular weight is 289 g/mol. The zero-order valence-electron chi connectivity index (χ0n) is 13.1. The molecule has 1 spiro atoms. The van der Waals surface area contributed by atoms with Crippen LogP contribution >= 0.6 is 0 Å². The number of hydrogen-bond donors (Lipinski definition) is 1. The Labute approximate surface area is 127 Å². The lowest BCUT2D eigenvalue weighted by Crippen LogP contribution is -2.42. The molecular weight excluding hydrogens is 262 g/mol. The lowest BCUT2D eigenvalue weighted by molar-refractivity contribution is -0.0984. The second-order valence-corrected chi connectivity index (χ2v) is 6.56. The molecule has 4 nitrogen and oxygen atoms in total. The van der Waals surface area contributed by atoms with E-state index in [1.165, 1.54) is 32.1 Å². The van der Waals surface area contributed by atoms with Gasteiger partial charge >= 0.3 is 0 Å². The van der Waals surface area contributed by atoms with Gasteiger partial charge in [-0.2, -0.15) is 0 Å². The van der Waals surface area contributed by atoms with Gasteiger partial charge in [-0.05, 0) is 50.6 Å². The molecule has 1 aliphatic carbocycles. The molecule has 0 bridgehead atoms. The second-order valence-electron chi connectivity index (χ2n) is 6.56. The van der Waals surface area contributed by atoms with E-state index in [4.69, 9.17) is 4.74 Å². The fourth-order valence-corrected chi connectivity index (χ4v) is 4.02. The molecule has 0 amide bonds. The Kier molecular flexibility index (Phi) is 4.86. The predicted molar refractivity (Wildman–Crippen MR) is 82.9 cm³/mol. The van der Waals surface area contributed by atoms with E-state index in [1.54, 1.807) is 6.33 Å². The van der Waals surface area contributed by atoms with Gasteiger partial charge in [0.15, 0.2) is 0 Å². The van der Waals surface area contributed by atoms with Crippen LogP contribution in [0, 0.1) is 5.92 Å². The van der Waals surface area contributed by atoms with Crippen LogP contribution < -0.4 is 5.32 Å². The number of nitrogens with one attached hydrogen (secondary N) is 1. The minimum atomic E-state index is 0.169. The minimum absolute atomic E-state index is 0.169. The highest BCUT2D eigenvalue weighted by Crippen LogP contribution is 2.45. The van der Waals surface area contributed by atoms with Gasteiger partial charge in [-0.3, -0.25) is 0 Å². The third-order valence-corrected chi connectivity index (χ3v) is 5.06. The number of aromatic nitrogens is 2. The van der Waals surface area contributed by atoms with Crippen LogP contribution in [0.15, 0.2) is 18.6 Å². The Morgan fingerprint density at radius 1 is 1.43 bits per heavy atom. The fourth-order valence-electron chi connectivity index (χ4n) is 4.02. The average Bonchev–Trinajstić information content (AvgIpc) is 2.97. The van der Waals surface area contributed by atoms with Crippen LogP contribution in [0.3, 0.4) is 0 Å². The van der Waals surface area contributed by atoms with Gasteiger partial charge in [-0.25, -0.2) is 9.97 Å². The molecule has 2 fully saturated rings. The van der Waals surface area contributed by atoms with E-state index in [1.807, 2.05) is 6.20 Å². The Hall–Kier alpha value is -1.00. The second kappa shape index (κ2) is 6.84. The van der Waals surface area contributed by atoms with Gasteiger partial charge in [0.05, 0.1) is 17.3 Å². The van der Waals surface area contributed by atoms with E-state index in [2.05, 4.69) is 28.3 Å². The largest absolute Gasteiger partial charge is 0.375 e. The lowest BCUT2D eigenvalue weighted by atomic mass is 9.79. The lowest BCUT2D eigenvalue weighted by Gasteiger charge is -2.41. The van der Waals surface area contributed by atoms with Crippen molar-refractivity contribution in [3.05, 3.63) is 24.3 Å². The summed E-state index contributed by atoms with van der Waals surface area (Å²) < 4.78 is 6.19. The highest BCUT2D eigenvalue weighted by atomic mass is 16.5. The van der Waals surface area contributed by atoms with Crippen molar-refractivity contribution in [1.82, 2.24) is 15.3 Å². The molecule has 1 saturated carbocycles. The standard InChI is InChI=1S/C17H27N3O/c1-2-9-19-16(15-5-10-18-13-20-15)14-6-11-21-17(12-14)7-3-4-8-17/h5,10,13-14,16,19H,2-4,6-9,11-12H2,1H3. The fraction of sp³-hybridized carbons (Fsp3) is 0.765. The third-order valence-electron chi connectivity index (χ3n) is 5.06. The van der Waals surface area contributed by atoms with Crippen molar-refractivity contribution >= 4 is 0 Å². The molecular formula is C17H27N3O. The molecule has 1 aliphatic heterocycles. The van der Waals surface area contributed by atoms with Crippen LogP contribution in [0.4, 0.5) is 0 Å². The molecule has 2 heterocycles. The molecule has 1 saturated heterocycles. The highest BCUT2D eigenvalue weighted by molar-refractivity contribution is 5.08. The van der Waals surface area contributed by atoms with Gasteiger partial charge in [0.25, 0.3) is 0 Å². The van der Waals surface area contributed by atoms with Crippen molar-refractivity contribution in [3.8, 4) is 0 Å². The Bertz CT molecular complexity index is 431. The maximum Gasteiger partial charge on any atom is 0.115 e. The predicted octanol–water partition coefficient (Wildman–Crippen LogP) is 3.26. The van der Waals surface area contributed by atoms with E-state index in [-0.39, 0.29) is 5.60 Å². The monoisotopic (exact) mass is 289 g/mol. The first-order chi connectivity index (χ1) is 10.3. The van der Waals surface area contributed by atoms with Crippen molar-refractivity contribution < 1.29 is 4.74 Å². The summed E-state index contributed by atoms with van der Waals surface area (Å²) in [6.07, 6.45) is 12.1. The van der Waals surface area contributed by atoms with Gasteiger partial charge < -0.3 is 10.1 Å². The molecule has 2 aliphatic rings. The molecule has 0 radical (unpaired) electrons. The van der Waals surface area contributed by atoms with Crippen molar-refractivity contribution in [1.29, 1.82) is 0 Å². The first kappa shape index (κ1) is 14.9. The molecule has 1 N–H and O–H groups in total. The summed E-state index contributed by atoms with van der Waals surface area (Å²) in [7, 11) is 0. The quantitative estimate of drug-likeness (QED) is 0.904. The van der Waals surface area contributed by atoms with Crippen LogP contribution in [0.25, 0.3) is 0 Å². The van der Waals surface area contributed by atoms with Gasteiger partial charge in [0, 0.05) is 12.8 Å². The van der Waals surface area contributed by atoms with E-state index < -0.39 is 0 Å². The maximum absolute atomic E-state index is 6.19. The number of hydrogen-bond acceptors (Lipinski definition) is 4. The molecule has 1 aromatic rings. The topological polar surface area (TPSA) is 47.0 Å². The molecule has 21 heavy (non-hydrogen) atoms. The molecule has 0 aromatic carbocycles. The molecule has 116 valence electrons. The molecule has 3 rings (SSSR count). The van der Waals surface area contributed by atoms with Gasteiger partial charge in [0.2, 0.25) is 0 Å². The Balaban J connectivity index is 1.75. The first-order valence-electron chi connectivity index (χ1n) is 8.46. The molecule has 4 heteroatoms. The van der Waals surface area contributed by atoms with Gasteiger partial charge in [0.1, 0.15) is 6.33 Å². The van der Waals surface area contributed by atoms with Crippen LogP contribution in [0.5, 0.6) is 0 Å². The molecule has 2 unspecified atom stereocenters. The summed E-state index contributed by atoms with van der Waals surface area (Å²) in [5.41, 5.74) is 1.31. The van der Waals surface area contributed by atoms with Crippen LogP contribution in [0.2, 0.25) is 0 Å². The smallest absolute Gasteiger partial charge is 0.115 e. The normalized spacial score (nSPS) is 26.0.